The van der Waals surface area contributed by atoms with E-state index in [-0.39, 0.29) is 11.9 Å². The van der Waals surface area contributed by atoms with E-state index >= 15 is 0 Å². The van der Waals surface area contributed by atoms with Crippen molar-refractivity contribution in [2.45, 2.75) is 18.9 Å². The van der Waals surface area contributed by atoms with Gasteiger partial charge in [-0.2, -0.15) is 0 Å². The molecule has 3 rings (SSSR count). The number of nitrogens with zero attached hydrogens (tertiary/aromatic N) is 1. The first kappa shape index (κ1) is 20.0. The minimum Gasteiger partial charge on any atom is -0.497 e. The first-order valence-electron chi connectivity index (χ1n) is 9.68. The molecule has 1 heterocycles. The molecule has 2 aromatic carbocycles. The molecule has 1 aliphatic heterocycles. The van der Waals surface area contributed by atoms with Crippen LogP contribution in [0.15, 0.2) is 54.6 Å². The molecule has 148 valence electrons. The summed E-state index contributed by atoms with van der Waals surface area (Å²) in [5.74, 6) is 1.30. The lowest BCUT2D eigenvalue weighted by molar-refractivity contribution is -0.116. The van der Waals surface area contributed by atoms with Crippen LogP contribution in [0.2, 0.25) is 0 Å². The molecule has 0 radical (unpaired) electrons. The zero-order chi connectivity index (χ0) is 19.8. The first-order valence-corrected chi connectivity index (χ1v) is 9.68. The van der Waals surface area contributed by atoms with Gasteiger partial charge in [0.2, 0.25) is 5.91 Å². The second kappa shape index (κ2) is 9.95. The number of benzene rings is 2. The van der Waals surface area contributed by atoms with Gasteiger partial charge in [-0.3, -0.25) is 9.69 Å². The highest BCUT2D eigenvalue weighted by Crippen LogP contribution is 2.26. The fourth-order valence-electron chi connectivity index (χ4n) is 3.58. The Balaban J connectivity index is 1.66. The van der Waals surface area contributed by atoms with Crippen LogP contribution in [0.1, 0.15) is 30.0 Å². The molecule has 5 heteroatoms. The van der Waals surface area contributed by atoms with Crippen molar-refractivity contribution in [3.63, 3.8) is 0 Å². The first-order chi connectivity index (χ1) is 13.7. The van der Waals surface area contributed by atoms with Crippen molar-refractivity contribution in [1.29, 1.82) is 0 Å². The highest BCUT2D eigenvalue weighted by molar-refractivity contribution is 5.92. The van der Waals surface area contributed by atoms with Gasteiger partial charge in [0.1, 0.15) is 11.5 Å². The maximum atomic E-state index is 12.4. The fourth-order valence-corrected chi connectivity index (χ4v) is 3.58. The summed E-state index contributed by atoms with van der Waals surface area (Å²) in [6, 6.07) is 16.1. The van der Waals surface area contributed by atoms with Crippen LogP contribution in [-0.2, 0) is 4.79 Å². The molecule has 1 fully saturated rings. The number of rotatable bonds is 8. The molecule has 0 spiro atoms. The summed E-state index contributed by atoms with van der Waals surface area (Å²) in [6.07, 6.45) is 5.73. The lowest BCUT2D eigenvalue weighted by atomic mass is 10.1. The second-order valence-electron chi connectivity index (χ2n) is 6.86. The molecule has 28 heavy (non-hydrogen) atoms. The minimum atomic E-state index is -0.120. The van der Waals surface area contributed by atoms with Crippen LogP contribution >= 0.6 is 0 Å². The van der Waals surface area contributed by atoms with E-state index in [0.29, 0.717) is 12.3 Å². The Hall–Kier alpha value is -2.79. The summed E-state index contributed by atoms with van der Waals surface area (Å²) < 4.78 is 10.6. The van der Waals surface area contributed by atoms with E-state index in [0.717, 1.165) is 24.4 Å². The summed E-state index contributed by atoms with van der Waals surface area (Å²) in [6.45, 7) is 2.74. The fraction of sp³-hybridized carbons (Fsp3) is 0.348. The molecule has 1 amide bonds. The van der Waals surface area contributed by atoms with Crippen LogP contribution in [0.4, 0.5) is 0 Å². The molecule has 2 aromatic rings. The van der Waals surface area contributed by atoms with Gasteiger partial charge in [0.15, 0.2) is 0 Å². The number of methoxy groups -OCH3 is 2. The SMILES string of the molecule is COc1ccc(OC)c(/C=C/C(=O)NCC(c2ccccc2)N2CCCC2)c1. The average molecular weight is 380 g/mol. The molecular weight excluding hydrogens is 352 g/mol. The highest BCUT2D eigenvalue weighted by Gasteiger charge is 2.23. The van der Waals surface area contributed by atoms with Crippen molar-refractivity contribution in [3.05, 3.63) is 65.7 Å². The molecule has 0 aromatic heterocycles. The van der Waals surface area contributed by atoms with Gasteiger partial charge < -0.3 is 14.8 Å². The summed E-state index contributed by atoms with van der Waals surface area (Å²) in [7, 11) is 3.23. The standard InChI is InChI=1S/C23H28N2O3/c1-27-20-11-12-22(28-2)19(16-20)10-13-23(26)24-17-21(25-14-6-7-15-25)18-8-4-3-5-9-18/h3-5,8-13,16,21H,6-7,14-15,17H2,1-2H3,(H,24,26)/b13-10+. The van der Waals surface area contributed by atoms with Gasteiger partial charge >= 0.3 is 0 Å². The molecule has 1 N–H and O–H groups in total. The van der Waals surface area contributed by atoms with Crippen molar-refractivity contribution >= 4 is 12.0 Å². The van der Waals surface area contributed by atoms with E-state index in [1.54, 1.807) is 26.4 Å². The Morgan fingerprint density at radius 1 is 1.11 bits per heavy atom. The maximum absolute atomic E-state index is 12.4. The summed E-state index contributed by atoms with van der Waals surface area (Å²) in [5.41, 5.74) is 2.04. The van der Waals surface area contributed by atoms with Crippen LogP contribution in [0.5, 0.6) is 11.5 Å². The normalized spacial score (nSPS) is 15.5. The number of ether oxygens (including phenoxy) is 2. The summed E-state index contributed by atoms with van der Waals surface area (Å²) >= 11 is 0. The van der Waals surface area contributed by atoms with Gasteiger partial charge in [0.25, 0.3) is 0 Å². The molecule has 1 saturated heterocycles. The van der Waals surface area contributed by atoms with Crippen molar-refractivity contribution in [3.8, 4) is 11.5 Å². The molecular formula is C23H28N2O3. The minimum absolute atomic E-state index is 0.120. The Kier molecular flexibility index (Phi) is 7.09. The third-order valence-electron chi connectivity index (χ3n) is 5.09. The second-order valence-corrected chi connectivity index (χ2v) is 6.86. The number of amides is 1. The molecule has 5 nitrogen and oxygen atoms in total. The van der Waals surface area contributed by atoms with Crippen LogP contribution in [0.25, 0.3) is 6.08 Å². The van der Waals surface area contributed by atoms with E-state index in [9.17, 15) is 4.79 Å². The van der Waals surface area contributed by atoms with Gasteiger partial charge in [-0.25, -0.2) is 0 Å². The van der Waals surface area contributed by atoms with Crippen molar-refractivity contribution in [1.82, 2.24) is 10.2 Å². The lowest BCUT2D eigenvalue weighted by Crippen LogP contribution is -2.36. The van der Waals surface area contributed by atoms with E-state index in [1.165, 1.54) is 18.4 Å². The summed E-state index contributed by atoms with van der Waals surface area (Å²) in [5, 5.41) is 3.05. The molecule has 0 aliphatic carbocycles. The summed E-state index contributed by atoms with van der Waals surface area (Å²) in [4.78, 5) is 14.9. The van der Waals surface area contributed by atoms with Crippen molar-refractivity contribution in [2.75, 3.05) is 33.9 Å². The number of likely N-dealkylation sites (tertiary alicyclic amines) is 1. The smallest absolute Gasteiger partial charge is 0.244 e. The molecule has 1 atom stereocenters. The van der Waals surface area contributed by atoms with Gasteiger partial charge in [-0.05, 0) is 55.8 Å². The maximum Gasteiger partial charge on any atom is 0.244 e. The van der Waals surface area contributed by atoms with E-state index in [4.69, 9.17) is 9.47 Å². The molecule has 0 bridgehead atoms. The predicted molar refractivity (Wildman–Crippen MR) is 112 cm³/mol. The Morgan fingerprint density at radius 3 is 2.54 bits per heavy atom. The number of carbonyl (C=O) groups is 1. The lowest BCUT2D eigenvalue weighted by Gasteiger charge is -2.28. The topological polar surface area (TPSA) is 50.8 Å². The van der Waals surface area contributed by atoms with Crippen molar-refractivity contribution in [2.24, 2.45) is 0 Å². The number of hydrogen-bond acceptors (Lipinski definition) is 4. The Labute approximate surface area is 167 Å². The molecule has 1 aliphatic rings. The van der Waals surface area contributed by atoms with Crippen LogP contribution in [0, 0.1) is 0 Å². The Morgan fingerprint density at radius 2 is 1.86 bits per heavy atom. The van der Waals surface area contributed by atoms with E-state index in [1.807, 2.05) is 24.3 Å². The quantitative estimate of drug-likeness (QED) is 0.710. The number of nitrogens with one attached hydrogen (secondary N) is 1. The monoisotopic (exact) mass is 380 g/mol. The number of hydrogen-bond donors (Lipinski definition) is 1. The third kappa shape index (κ3) is 5.14. The highest BCUT2D eigenvalue weighted by atomic mass is 16.5. The largest absolute Gasteiger partial charge is 0.497 e. The van der Waals surface area contributed by atoms with Gasteiger partial charge in [-0.1, -0.05) is 30.3 Å². The average Bonchev–Trinajstić information content (AvgIpc) is 3.27. The van der Waals surface area contributed by atoms with Crippen LogP contribution in [-0.4, -0.2) is 44.7 Å². The third-order valence-corrected chi connectivity index (χ3v) is 5.09. The van der Waals surface area contributed by atoms with Crippen LogP contribution in [0.3, 0.4) is 0 Å². The van der Waals surface area contributed by atoms with Gasteiger partial charge in [-0.15, -0.1) is 0 Å². The number of carbonyl (C=O) groups excluding carboxylic acids is 1. The molecule has 0 saturated carbocycles. The van der Waals surface area contributed by atoms with E-state index < -0.39 is 0 Å². The van der Waals surface area contributed by atoms with Gasteiger partial charge in [0.05, 0.1) is 20.3 Å². The zero-order valence-corrected chi connectivity index (χ0v) is 16.6. The van der Waals surface area contributed by atoms with Crippen molar-refractivity contribution < 1.29 is 14.3 Å². The van der Waals surface area contributed by atoms with Gasteiger partial charge in [0, 0.05) is 18.2 Å². The molecule has 1 unspecified atom stereocenters. The zero-order valence-electron chi connectivity index (χ0n) is 16.6. The Bertz CT molecular complexity index is 799. The predicted octanol–water partition coefficient (Wildman–Crippen LogP) is 3.67. The van der Waals surface area contributed by atoms with Crippen LogP contribution < -0.4 is 14.8 Å². The van der Waals surface area contributed by atoms with E-state index in [2.05, 4.69) is 34.5 Å².